The van der Waals surface area contributed by atoms with Crippen LogP contribution in [0.4, 0.5) is 5.69 Å². The Kier molecular flexibility index (Phi) is 2.13. The highest BCUT2D eigenvalue weighted by Crippen LogP contribution is 2.67. The molecular formula is C12H14N2O2S. The first-order valence-corrected chi connectivity index (χ1v) is 6.27. The summed E-state index contributed by atoms with van der Waals surface area (Å²) in [5.41, 5.74) is 11.6. The number of aliphatic hydroxyl groups excluding tert-OH is 1. The van der Waals surface area contributed by atoms with Crippen LogP contribution in [0.3, 0.4) is 0 Å². The van der Waals surface area contributed by atoms with Crippen molar-refractivity contribution in [3.8, 4) is 0 Å². The average Bonchev–Trinajstić information content (AvgIpc) is 3.03. The van der Waals surface area contributed by atoms with Crippen molar-refractivity contribution in [1.82, 2.24) is 0 Å². The van der Waals surface area contributed by atoms with E-state index in [0.717, 1.165) is 5.56 Å². The number of anilines is 1. The molecule has 1 aromatic carbocycles. The van der Waals surface area contributed by atoms with Crippen LogP contribution in [0.5, 0.6) is 0 Å². The molecule has 4 atom stereocenters. The number of rotatable bonds is 1. The molecule has 2 aliphatic rings. The molecule has 5 heteroatoms. The van der Waals surface area contributed by atoms with Gasteiger partial charge in [0.15, 0.2) is 5.72 Å². The molecule has 1 fully saturated rings. The molecule has 17 heavy (non-hydrogen) atoms. The zero-order valence-electron chi connectivity index (χ0n) is 9.08. The molecule has 1 aliphatic carbocycles. The molecule has 0 spiro atoms. The smallest absolute Gasteiger partial charge is 0.157 e. The maximum Gasteiger partial charge on any atom is 0.157 e. The average molecular weight is 250 g/mol. The molecule has 0 radical (unpaired) electrons. The predicted octanol–water partition coefficient (Wildman–Crippen LogP) is 0.157. The summed E-state index contributed by atoms with van der Waals surface area (Å²) in [5.74, 6) is 0. The van der Waals surface area contributed by atoms with Gasteiger partial charge in [0.25, 0.3) is 0 Å². The van der Waals surface area contributed by atoms with Gasteiger partial charge in [0.1, 0.15) is 6.10 Å². The van der Waals surface area contributed by atoms with Crippen LogP contribution in [-0.4, -0.2) is 27.3 Å². The number of hydrogen-bond acceptors (Lipinski definition) is 5. The van der Waals surface area contributed by atoms with E-state index in [0.29, 0.717) is 5.69 Å². The van der Waals surface area contributed by atoms with E-state index in [1.54, 1.807) is 17.8 Å². The summed E-state index contributed by atoms with van der Waals surface area (Å²) in [6.45, 7) is 0. The van der Waals surface area contributed by atoms with E-state index in [4.69, 9.17) is 11.5 Å². The molecule has 3 rings (SSSR count). The number of fused-ring (bicyclic) bond motifs is 1. The van der Waals surface area contributed by atoms with Gasteiger partial charge in [0.2, 0.25) is 0 Å². The molecular weight excluding hydrogens is 236 g/mol. The SMILES string of the molecule is Nc1ccc(C23C=CC(O)C(N)(O)C2S3)cc1. The number of aliphatic hydroxyl groups is 2. The molecule has 1 saturated heterocycles. The zero-order valence-corrected chi connectivity index (χ0v) is 9.89. The lowest BCUT2D eigenvalue weighted by molar-refractivity contribution is -0.0499. The van der Waals surface area contributed by atoms with Crippen LogP contribution < -0.4 is 11.5 Å². The molecule has 1 heterocycles. The Hall–Kier alpha value is -1.01. The summed E-state index contributed by atoms with van der Waals surface area (Å²) in [5, 5.41) is 19.5. The van der Waals surface area contributed by atoms with Crippen molar-refractivity contribution in [1.29, 1.82) is 0 Å². The second-order valence-corrected chi connectivity index (χ2v) is 5.99. The number of benzene rings is 1. The lowest BCUT2D eigenvalue weighted by atomic mass is 9.83. The molecule has 90 valence electrons. The minimum atomic E-state index is -1.57. The van der Waals surface area contributed by atoms with Crippen molar-refractivity contribution >= 4 is 17.4 Å². The van der Waals surface area contributed by atoms with Crippen LogP contribution in [-0.2, 0) is 4.75 Å². The third-order valence-corrected chi connectivity index (χ3v) is 5.16. The number of thioether (sulfide) groups is 1. The van der Waals surface area contributed by atoms with Gasteiger partial charge in [-0.3, -0.25) is 0 Å². The Bertz CT molecular complexity index is 486. The third-order valence-electron chi connectivity index (χ3n) is 3.43. The van der Waals surface area contributed by atoms with Crippen molar-refractivity contribution < 1.29 is 10.2 Å². The van der Waals surface area contributed by atoms with Crippen LogP contribution in [0, 0.1) is 0 Å². The first-order valence-electron chi connectivity index (χ1n) is 5.39. The molecule has 4 unspecified atom stereocenters. The van der Waals surface area contributed by atoms with E-state index in [2.05, 4.69) is 0 Å². The van der Waals surface area contributed by atoms with Crippen LogP contribution >= 0.6 is 11.8 Å². The minimum Gasteiger partial charge on any atom is -0.399 e. The lowest BCUT2D eigenvalue weighted by Gasteiger charge is -2.31. The summed E-state index contributed by atoms with van der Waals surface area (Å²) in [7, 11) is 0. The molecule has 4 nitrogen and oxygen atoms in total. The van der Waals surface area contributed by atoms with E-state index >= 15 is 0 Å². The summed E-state index contributed by atoms with van der Waals surface area (Å²) >= 11 is 1.55. The van der Waals surface area contributed by atoms with E-state index in [1.165, 1.54) is 0 Å². The first kappa shape index (κ1) is 11.1. The summed E-state index contributed by atoms with van der Waals surface area (Å²) in [6.07, 6.45) is 2.47. The molecule has 1 aliphatic heterocycles. The van der Waals surface area contributed by atoms with Gasteiger partial charge in [-0.2, -0.15) is 0 Å². The fourth-order valence-corrected chi connectivity index (χ4v) is 3.81. The largest absolute Gasteiger partial charge is 0.399 e. The Morgan fingerprint density at radius 3 is 2.53 bits per heavy atom. The van der Waals surface area contributed by atoms with Gasteiger partial charge in [-0.05, 0) is 17.7 Å². The zero-order chi connectivity index (χ0) is 12.3. The van der Waals surface area contributed by atoms with Crippen molar-refractivity contribution in [3.05, 3.63) is 42.0 Å². The van der Waals surface area contributed by atoms with Gasteiger partial charge in [0.05, 0.1) is 10.00 Å². The summed E-state index contributed by atoms with van der Waals surface area (Å²) in [6, 6.07) is 7.52. The van der Waals surface area contributed by atoms with Gasteiger partial charge >= 0.3 is 0 Å². The second kappa shape index (κ2) is 3.26. The quantitative estimate of drug-likeness (QED) is 0.246. The Labute approximate surface area is 103 Å². The topological polar surface area (TPSA) is 92.5 Å². The van der Waals surface area contributed by atoms with Gasteiger partial charge in [0, 0.05) is 5.69 Å². The van der Waals surface area contributed by atoms with E-state index < -0.39 is 11.8 Å². The fraction of sp³-hybridized carbons (Fsp3) is 0.333. The normalized spacial score (nSPS) is 43.2. The molecule has 0 bridgehead atoms. The van der Waals surface area contributed by atoms with Crippen LogP contribution in [0.25, 0.3) is 0 Å². The van der Waals surface area contributed by atoms with E-state index in [1.807, 2.05) is 30.3 Å². The van der Waals surface area contributed by atoms with Crippen molar-refractivity contribution in [2.24, 2.45) is 5.73 Å². The highest BCUT2D eigenvalue weighted by Gasteiger charge is 2.67. The Morgan fingerprint density at radius 1 is 1.24 bits per heavy atom. The van der Waals surface area contributed by atoms with E-state index in [9.17, 15) is 10.2 Å². The Balaban J connectivity index is 2.01. The van der Waals surface area contributed by atoms with Crippen molar-refractivity contribution in [2.75, 3.05) is 5.73 Å². The van der Waals surface area contributed by atoms with Gasteiger partial charge < -0.3 is 21.7 Å². The standard InChI is InChI=1S/C12H14N2O2S/c13-8-3-1-7(2-4-8)11-6-5-9(15)12(14,16)10(11)17-11/h1-6,9-10,15-16H,13-14H2. The molecule has 0 amide bonds. The molecule has 1 aromatic rings. The highest BCUT2D eigenvalue weighted by atomic mass is 32.2. The summed E-state index contributed by atoms with van der Waals surface area (Å²) < 4.78 is -0.309. The number of nitrogen functional groups attached to an aromatic ring is 1. The summed E-state index contributed by atoms with van der Waals surface area (Å²) in [4.78, 5) is 0. The van der Waals surface area contributed by atoms with Gasteiger partial charge in [-0.15, -0.1) is 11.8 Å². The van der Waals surface area contributed by atoms with Gasteiger partial charge in [-0.25, -0.2) is 0 Å². The monoisotopic (exact) mass is 250 g/mol. The number of nitrogens with two attached hydrogens (primary N) is 2. The minimum absolute atomic E-state index is 0.210. The van der Waals surface area contributed by atoms with Crippen LogP contribution in [0.2, 0.25) is 0 Å². The van der Waals surface area contributed by atoms with Crippen LogP contribution in [0.1, 0.15) is 5.56 Å². The first-order chi connectivity index (χ1) is 7.97. The number of hydrogen-bond donors (Lipinski definition) is 4. The van der Waals surface area contributed by atoms with Crippen molar-refractivity contribution in [2.45, 2.75) is 21.8 Å². The van der Waals surface area contributed by atoms with Gasteiger partial charge in [-0.1, -0.05) is 24.3 Å². The molecule has 6 N–H and O–H groups in total. The van der Waals surface area contributed by atoms with E-state index in [-0.39, 0.29) is 10.00 Å². The maximum absolute atomic E-state index is 10.1. The predicted molar refractivity (Wildman–Crippen MR) is 68.2 cm³/mol. The third kappa shape index (κ3) is 1.43. The fourth-order valence-electron chi connectivity index (χ4n) is 2.33. The highest BCUT2D eigenvalue weighted by molar-refractivity contribution is 8.08. The molecule has 0 aromatic heterocycles. The van der Waals surface area contributed by atoms with Crippen LogP contribution in [0.15, 0.2) is 36.4 Å². The van der Waals surface area contributed by atoms with Crippen molar-refractivity contribution in [3.63, 3.8) is 0 Å². The Morgan fingerprint density at radius 2 is 1.88 bits per heavy atom. The lowest BCUT2D eigenvalue weighted by Crippen LogP contribution is -2.57. The second-order valence-electron chi connectivity index (χ2n) is 4.60. The maximum atomic E-state index is 10.1. The molecule has 0 saturated carbocycles.